The molecule has 0 rings (SSSR count). The normalized spacial score (nSPS) is 12.3. The second-order valence-corrected chi connectivity index (χ2v) is 6.40. The molecule has 1 nitrogen and oxygen atoms in total. The van der Waals surface area contributed by atoms with Crippen molar-refractivity contribution in [1.82, 2.24) is 5.32 Å². The SMILES string of the molecule is CCCCCCCC(CC)(CC)CNCC(C)C. The highest BCUT2D eigenvalue weighted by molar-refractivity contribution is 4.79. The molecule has 0 aromatic rings. The van der Waals surface area contributed by atoms with Crippen molar-refractivity contribution >= 4 is 0 Å². The van der Waals surface area contributed by atoms with Crippen LogP contribution in [0.15, 0.2) is 0 Å². The van der Waals surface area contributed by atoms with E-state index in [1.54, 1.807) is 0 Å². The maximum atomic E-state index is 3.68. The Hall–Kier alpha value is -0.0400. The van der Waals surface area contributed by atoms with E-state index in [9.17, 15) is 0 Å². The molecule has 0 heterocycles. The molecule has 0 unspecified atom stereocenters. The topological polar surface area (TPSA) is 12.0 Å². The van der Waals surface area contributed by atoms with Crippen molar-refractivity contribution in [2.75, 3.05) is 13.1 Å². The summed E-state index contributed by atoms with van der Waals surface area (Å²) in [5.41, 5.74) is 0.557. The summed E-state index contributed by atoms with van der Waals surface area (Å²) in [6.45, 7) is 14.0. The van der Waals surface area contributed by atoms with Gasteiger partial charge in [-0.1, -0.05) is 66.7 Å². The molecule has 18 heavy (non-hydrogen) atoms. The molecule has 0 aromatic heterocycles. The van der Waals surface area contributed by atoms with Gasteiger partial charge in [-0.3, -0.25) is 0 Å². The van der Waals surface area contributed by atoms with Gasteiger partial charge < -0.3 is 5.32 Å². The summed E-state index contributed by atoms with van der Waals surface area (Å²) in [6.07, 6.45) is 11.1. The van der Waals surface area contributed by atoms with E-state index in [1.165, 1.54) is 57.9 Å². The third kappa shape index (κ3) is 8.13. The summed E-state index contributed by atoms with van der Waals surface area (Å²) in [5.74, 6) is 0.765. The summed E-state index contributed by atoms with van der Waals surface area (Å²) in [6, 6.07) is 0. The van der Waals surface area contributed by atoms with E-state index < -0.39 is 0 Å². The number of unbranched alkanes of at least 4 members (excludes halogenated alkanes) is 4. The molecule has 0 radical (unpaired) electrons. The summed E-state index contributed by atoms with van der Waals surface area (Å²) < 4.78 is 0. The Morgan fingerprint density at radius 1 is 0.889 bits per heavy atom. The Kier molecular flexibility index (Phi) is 10.8. The highest BCUT2D eigenvalue weighted by atomic mass is 14.9. The first-order valence-corrected chi connectivity index (χ1v) is 8.31. The maximum Gasteiger partial charge on any atom is 0.000771 e. The second kappa shape index (κ2) is 10.8. The van der Waals surface area contributed by atoms with Crippen LogP contribution in [-0.2, 0) is 0 Å². The van der Waals surface area contributed by atoms with Crippen LogP contribution in [0.1, 0.15) is 86.0 Å². The van der Waals surface area contributed by atoms with Crippen molar-refractivity contribution in [3.8, 4) is 0 Å². The van der Waals surface area contributed by atoms with Gasteiger partial charge in [0.15, 0.2) is 0 Å². The average molecular weight is 255 g/mol. The first-order valence-electron chi connectivity index (χ1n) is 8.31. The Morgan fingerprint density at radius 3 is 2.00 bits per heavy atom. The quantitative estimate of drug-likeness (QED) is 0.460. The molecule has 0 bridgehead atoms. The van der Waals surface area contributed by atoms with E-state index >= 15 is 0 Å². The van der Waals surface area contributed by atoms with Gasteiger partial charge in [0.2, 0.25) is 0 Å². The molecule has 0 aromatic carbocycles. The number of nitrogens with one attached hydrogen (secondary N) is 1. The van der Waals surface area contributed by atoms with Gasteiger partial charge in [0.05, 0.1) is 0 Å². The predicted octanol–water partition coefficient (Wildman–Crippen LogP) is 5.40. The second-order valence-electron chi connectivity index (χ2n) is 6.40. The van der Waals surface area contributed by atoms with Crippen molar-refractivity contribution in [3.05, 3.63) is 0 Å². The van der Waals surface area contributed by atoms with Crippen LogP contribution in [0.25, 0.3) is 0 Å². The summed E-state index contributed by atoms with van der Waals surface area (Å²) >= 11 is 0. The van der Waals surface area contributed by atoms with Crippen LogP contribution in [0.3, 0.4) is 0 Å². The molecule has 0 fully saturated rings. The van der Waals surface area contributed by atoms with E-state index in [1.807, 2.05) is 0 Å². The Labute approximate surface area is 116 Å². The van der Waals surface area contributed by atoms with Crippen LogP contribution in [0, 0.1) is 11.3 Å². The Morgan fingerprint density at radius 2 is 1.50 bits per heavy atom. The van der Waals surface area contributed by atoms with E-state index in [0.29, 0.717) is 5.41 Å². The first-order chi connectivity index (χ1) is 8.60. The van der Waals surface area contributed by atoms with Gasteiger partial charge >= 0.3 is 0 Å². The first kappa shape index (κ1) is 18.0. The van der Waals surface area contributed by atoms with E-state index in [-0.39, 0.29) is 0 Å². The molecule has 0 aliphatic carbocycles. The van der Waals surface area contributed by atoms with Crippen LogP contribution in [0.4, 0.5) is 0 Å². The molecule has 1 heteroatoms. The Balaban J connectivity index is 3.92. The average Bonchev–Trinajstić information content (AvgIpc) is 2.36. The highest BCUT2D eigenvalue weighted by Gasteiger charge is 2.24. The van der Waals surface area contributed by atoms with Gasteiger partial charge in [0, 0.05) is 6.54 Å². The third-order valence-electron chi connectivity index (χ3n) is 4.36. The number of rotatable bonds is 12. The third-order valence-corrected chi connectivity index (χ3v) is 4.36. The van der Waals surface area contributed by atoms with Gasteiger partial charge in [0.1, 0.15) is 0 Å². The molecular formula is C17H37N. The van der Waals surface area contributed by atoms with Gasteiger partial charge in [-0.25, -0.2) is 0 Å². The van der Waals surface area contributed by atoms with E-state index in [4.69, 9.17) is 0 Å². The fourth-order valence-electron chi connectivity index (χ4n) is 2.67. The number of hydrogen-bond donors (Lipinski definition) is 1. The van der Waals surface area contributed by atoms with Crippen LogP contribution in [0.2, 0.25) is 0 Å². The van der Waals surface area contributed by atoms with E-state index in [2.05, 4.69) is 39.9 Å². The molecule has 0 aliphatic rings. The monoisotopic (exact) mass is 255 g/mol. The summed E-state index contributed by atoms with van der Waals surface area (Å²) in [7, 11) is 0. The van der Waals surface area contributed by atoms with Crippen molar-refractivity contribution in [2.24, 2.45) is 11.3 Å². The minimum Gasteiger partial charge on any atom is -0.316 e. The largest absolute Gasteiger partial charge is 0.316 e. The van der Waals surface area contributed by atoms with Crippen molar-refractivity contribution in [1.29, 1.82) is 0 Å². The van der Waals surface area contributed by atoms with Gasteiger partial charge in [-0.05, 0) is 37.1 Å². The molecule has 110 valence electrons. The zero-order chi connectivity index (χ0) is 13.9. The lowest BCUT2D eigenvalue weighted by atomic mass is 9.77. The Bertz CT molecular complexity index is 170. The molecule has 0 saturated heterocycles. The lowest BCUT2D eigenvalue weighted by molar-refractivity contribution is 0.217. The predicted molar refractivity (Wildman–Crippen MR) is 84.1 cm³/mol. The zero-order valence-corrected chi connectivity index (χ0v) is 13.6. The number of hydrogen-bond acceptors (Lipinski definition) is 1. The summed E-state index contributed by atoms with van der Waals surface area (Å²) in [5, 5.41) is 3.68. The fourth-order valence-corrected chi connectivity index (χ4v) is 2.67. The van der Waals surface area contributed by atoms with Crippen LogP contribution in [-0.4, -0.2) is 13.1 Å². The highest BCUT2D eigenvalue weighted by Crippen LogP contribution is 2.32. The molecule has 0 spiro atoms. The van der Waals surface area contributed by atoms with Crippen LogP contribution < -0.4 is 5.32 Å². The molecule has 0 amide bonds. The van der Waals surface area contributed by atoms with Crippen LogP contribution >= 0.6 is 0 Å². The lowest BCUT2D eigenvalue weighted by Gasteiger charge is -2.32. The smallest absolute Gasteiger partial charge is 0.000771 e. The van der Waals surface area contributed by atoms with Crippen LogP contribution in [0.5, 0.6) is 0 Å². The zero-order valence-electron chi connectivity index (χ0n) is 13.6. The lowest BCUT2D eigenvalue weighted by Crippen LogP contribution is -2.35. The maximum absolute atomic E-state index is 3.68. The molecule has 0 saturated carbocycles. The van der Waals surface area contributed by atoms with Gasteiger partial charge in [-0.15, -0.1) is 0 Å². The van der Waals surface area contributed by atoms with Gasteiger partial charge in [0.25, 0.3) is 0 Å². The van der Waals surface area contributed by atoms with Crippen molar-refractivity contribution in [3.63, 3.8) is 0 Å². The summed E-state index contributed by atoms with van der Waals surface area (Å²) in [4.78, 5) is 0. The van der Waals surface area contributed by atoms with Crippen molar-refractivity contribution < 1.29 is 0 Å². The van der Waals surface area contributed by atoms with E-state index in [0.717, 1.165) is 12.5 Å². The minimum absolute atomic E-state index is 0.557. The van der Waals surface area contributed by atoms with Crippen molar-refractivity contribution in [2.45, 2.75) is 86.0 Å². The molecular weight excluding hydrogens is 218 g/mol. The minimum atomic E-state index is 0.557. The van der Waals surface area contributed by atoms with Gasteiger partial charge in [-0.2, -0.15) is 0 Å². The molecule has 0 aliphatic heterocycles. The molecule has 1 N–H and O–H groups in total. The fraction of sp³-hybridized carbons (Fsp3) is 1.00. The molecule has 0 atom stereocenters. The standard InChI is InChI=1S/C17H37N/c1-6-9-10-11-12-13-17(7-2,8-3)15-18-14-16(4)5/h16,18H,6-15H2,1-5H3.